The average molecular weight is 315 g/mol. The third-order valence-corrected chi connectivity index (χ3v) is 4.03. The lowest BCUT2D eigenvalue weighted by Crippen LogP contribution is -2.14. The van der Waals surface area contributed by atoms with Crippen molar-refractivity contribution in [3.63, 3.8) is 0 Å². The van der Waals surface area contributed by atoms with Crippen LogP contribution in [0.4, 0.5) is 5.82 Å². The van der Waals surface area contributed by atoms with Crippen LogP contribution in [0.5, 0.6) is 0 Å². The highest BCUT2D eigenvalue weighted by Crippen LogP contribution is 2.18. The van der Waals surface area contributed by atoms with Gasteiger partial charge in [-0.05, 0) is 18.2 Å². The Morgan fingerprint density at radius 2 is 2.15 bits per heavy atom. The van der Waals surface area contributed by atoms with Crippen molar-refractivity contribution in [1.82, 2.24) is 9.55 Å². The summed E-state index contributed by atoms with van der Waals surface area (Å²) in [5.41, 5.74) is 5.23. The van der Waals surface area contributed by atoms with Crippen LogP contribution in [-0.4, -0.2) is 23.9 Å². The van der Waals surface area contributed by atoms with Gasteiger partial charge in [0.05, 0.1) is 0 Å². The van der Waals surface area contributed by atoms with Crippen molar-refractivity contribution in [1.29, 1.82) is 0 Å². The maximum Gasteiger partial charge on any atom is 0.265 e. The van der Waals surface area contributed by atoms with Gasteiger partial charge in [0, 0.05) is 13.2 Å². The summed E-state index contributed by atoms with van der Waals surface area (Å²) in [4.78, 5) is 14.9. The number of pyridine rings is 1. The molecule has 20 heavy (non-hydrogen) atoms. The number of nitrogens with zero attached hydrogens (tertiary/aromatic N) is 2. The van der Waals surface area contributed by atoms with E-state index in [4.69, 9.17) is 17.3 Å². The lowest BCUT2D eigenvalue weighted by molar-refractivity contribution is 0.0992. The van der Waals surface area contributed by atoms with E-state index in [1.54, 1.807) is 6.07 Å². The van der Waals surface area contributed by atoms with E-state index in [9.17, 15) is 13.2 Å². The molecular formula is C11H11ClN4O3S. The number of hydrogen-bond donors (Lipinski definition) is 2. The molecule has 0 atom stereocenters. The van der Waals surface area contributed by atoms with E-state index in [1.165, 1.54) is 36.0 Å². The van der Waals surface area contributed by atoms with Crippen LogP contribution in [0.1, 0.15) is 10.5 Å². The van der Waals surface area contributed by atoms with Gasteiger partial charge < -0.3 is 10.3 Å². The summed E-state index contributed by atoms with van der Waals surface area (Å²) < 4.78 is 27.9. The summed E-state index contributed by atoms with van der Waals surface area (Å²) in [6.07, 6.45) is 1.28. The largest absolute Gasteiger partial charge is 0.364 e. The minimum absolute atomic E-state index is 0.0852. The Bertz CT molecular complexity index is 770. The molecule has 0 saturated carbocycles. The van der Waals surface area contributed by atoms with Gasteiger partial charge in [-0.1, -0.05) is 17.7 Å². The molecule has 2 rings (SSSR count). The van der Waals surface area contributed by atoms with Gasteiger partial charge in [-0.25, -0.2) is 13.4 Å². The normalized spacial score (nSPS) is 11.3. The number of hydrogen-bond acceptors (Lipinski definition) is 4. The number of carbonyl (C=O) groups excluding carboxylic acids is 1. The van der Waals surface area contributed by atoms with Gasteiger partial charge in [0.1, 0.15) is 21.6 Å². The van der Waals surface area contributed by atoms with Crippen LogP contribution in [0, 0.1) is 0 Å². The number of rotatable bonds is 4. The van der Waals surface area contributed by atoms with Crippen molar-refractivity contribution >= 4 is 33.3 Å². The molecule has 0 aliphatic rings. The molecule has 0 spiro atoms. The maximum absolute atomic E-state index is 12.1. The first kappa shape index (κ1) is 14.4. The molecular weight excluding hydrogens is 304 g/mol. The molecule has 0 saturated heterocycles. The Labute approximate surface area is 120 Å². The molecule has 0 aliphatic heterocycles. The zero-order valence-corrected chi connectivity index (χ0v) is 11.9. The first-order valence-corrected chi connectivity index (χ1v) is 7.27. The van der Waals surface area contributed by atoms with Crippen LogP contribution < -0.4 is 10.5 Å². The predicted octanol–water partition coefficient (Wildman–Crippen LogP) is 0.973. The molecule has 0 fully saturated rings. The Morgan fingerprint density at radius 3 is 2.70 bits per heavy atom. The molecule has 2 aromatic heterocycles. The van der Waals surface area contributed by atoms with Gasteiger partial charge in [0.2, 0.25) is 0 Å². The van der Waals surface area contributed by atoms with Crippen molar-refractivity contribution in [2.75, 3.05) is 4.72 Å². The van der Waals surface area contributed by atoms with E-state index < -0.39 is 15.9 Å². The van der Waals surface area contributed by atoms with E-state index >= 15 is 0 Å². The lowest BCUT2D eigenvalue weighted by Gasteiger charge is -2.05. The molecule has 3 N–H and O–H groups in total. The van der Waals surface area contributed by atoms with Crippen molar-refractivity contribution in [2.45, 2.75) is 4.90 Å². The number of halogens is 1. The number of nitrogens with two attached hydrogens (primary N) is 1. The van der Waals surface area contributed by atoms with Crippen LogP contribution in [0.25, 0.3) is 0 Å². The summed E-state index contributed by atoms with van der Waals surface area (Å²) >= 11 is 5.68. The number of aryl methyl sites for hydroxylation is 1. The second-order valence-electron chi connectivity index (χ2n) is 3.99. The Morgan fingerprint density at radius 1 is 1.45 bits per heavy atom. The molecule has 2 aromatic rings. The topological polar surface area (TPSA) is 107 Å². The van der Waals surface area contributed by atoms with Crippen molar-refractivity contribution in [3.05, 3.63) is 41.3 Å². The van der Waals surface area contributed by atoms with Crippen LogP contribution in [0.15, 0.2) is 35.4 Å². The van der Waals surface area contributed by atoms with Crippen LogP contribution in [0.2, 0.25) is 5.15 Å². The fourth-order valence-electron chi connectivity index (χ4n) is 1.59. The number of primary amides is 1. The maximum atomic E-state index is 12.1. The van der Waals surface area contributed by atoms with Crippen molar-refractivity contribution < 1.29 is 13.2 Å². The minimum Gasteiger partial charge on any atom is -0.364 e. The third kappa shape index (κ3) is 2.91. The first-order chi connectivity index (χ1) is 9.29. The predicted molar refractivity (Wildman–Crippen MR) is 74.0 cm³/mol. The highest BCUT2D eigenvalue weighted by Gasteiger charge is 2.20. The van der Waals surface area contributed by atoms with Gasteiger partial charge >= 0.3 is 0 Å². The molecule has 0 aromatic carbocycles. The number of anilines is 1. The van der Waals surface area contributed by atoms with Gasteiger partial charge in [-0.15, -0.1) is 0 Å². The second-order valence-corrected chi connectivity index (χ2v) is 6.06. The summed E-state index contributed by atoms with van der Waals surface area (Å²) in [6, 6.07) is 5.73. The summed E-state index contributed by atoms with van der Waals surface area (Å²) in [6.45, 7) is 0. The Kier molecular flexibility index (Phi) is 3.69. The van der Waals surface area contributed by atoms with Crippen molar-refractivity contribution in [3.8, 4) is 0 Å². The van der Waals surface area contributed by atoms with Crippen LogP contribution >= 0.6 is 11.6 Å². The average Bonchev–Trinajstić information content (AvgIpc) is 2.71. The Hall–Kier alpha value is -2.06. The molecule has 9 heteroatoms. The van der Waals surface area contributed by atoms with Crippen molar-refractivity contribution in [2.24, 2.45) is 12.8 Å². The minimum atomic E-state index is -3.87. The summed E-state index contributed by atoms with van der Waals surface area (Å²) in [5, 5.41) is 0.163. The van der Waals surface area contributed by atoms with Crippen LogP contribution in [0.3, 0.4) is 0 Å². The number of amides is 1. The number of carbonyl (C=O) groups is 1. The van der Waals surface area contributed by atoms with E-state index in [1.807, 2.05) is 0 Å². The number of nitrogens with one attached hydrogen (secondary N) is 1. The highest BCUT2D eigenvalue weighted by molar-refractivity contribution is 7.92. The second kappa shape index (κ2) is 5.14. The molecule has 7 nitrogen and oxygen atoms in total. The number of sulfonamides is 1. The molecule has 106 valence electrons. The SMILES string of the molecule is Cn1cc(S(=O)(=O)Nc2cccc(Cl)n2)cc1C(N)=O. The standard InChI is InChI=1S/C11H11ClN4O3S/c1-16-6-7(5-8(16)11(13)17)20(18,19)15-10-4-2-3-9(12)14-10/h2-6H,1H3,(H2,13,17)(H,14,15). The Balaban J connectivity index is 2.36. The highest BCUT2D eigenvalue weighted by atomic mass is 35.5. The van der Waals surface area contributed by atoms with Gasteiger partial charge in [-0.2, -0.15) is 0 Å². The quantitative estimate of drug-likeness (QED) is 0.820. The van der Waals surface area contributed by atoms with E-state index in [2.05, 4.69) is 9.71 Å². The summed E-state index contributed by atoms with van der Waals surface area (Å²) in [7, 11) is -2.34. The zero-order valence-electron chi connectivity index (χ0n) is 10.4. The monoisotopic (exact) mass is 314 g/mol. The van der Waals surface area contributed by atoms with E-state index in [0.717, 1.165) is 0 Å². The fourth-order valence-corrected chi connectivity index (χ4v) is 2.82. The first-order valence-electron chi connectivity index (χ1n) is 5.41. The van der Waals surface area contributed by atoms with E-state index in [0.29, 0.717) is 0 Å². The van der Waals surface area contributed by atoms with Gasteiger partial charge in [-0.3, -0.25) is 9.52 Å². The fraction of sp³-hybridized carbons (Fsp3) is 0.0909. The molecule has 0 radical (unpaired) electrons. The molecule has 0 aliphatic carbocycles. The number of aromatic nitrogens is 2. The molecule has 0 unspecified atom stereocenters. The third-order valence-electron chi connectivity index (χ3n) is 2.50. The van der Waals surface area contributed by atoms with Gasteiger partial charge in [0.15, 0.2) is 0 Å². The smallest absolute Gasteiger partial charge is 0.265 e. The summed E-state index contributed by atoms with van der Waals surface area (Å²) in [5.74, 6) is -0.628. The van der Waals surface area contributed by atoms with Gasteiger partial charge in [0.25, 0.3) is 15.9 Å². The van der Waals surface area contributed by atoms with E-state index in [-0.39, 0.29) is 21.6 Å². The molecule has 0 bridgehead atoms. The lowest BCUT2D eigenvalue weighted by atomic mass is 10.4. The zero-order chi connectivity index (χ0) is 14.9. The molecule has 1 amide bonds. The van der Waals surface area contributed by atoms with Crippen LogP contribution in [-0.2, 0) is 17.1 Å². The molecule has 2 heterocycles.